The maximum atomic E-state index is 14.3. The zero-order valence-corrected chi connectivity index (χ0v) is 16.7. The van der Waals surface area contributed by atoms with Crippen LogP contribution in [-0.4, -0.2) is 23.7 Å². The molecule has 2 aromatic rings. The first kappa shape index (κ1) is 20.6. The molecule has 0 aliphatic heterocycles. The van der Waals surface area contributed by atoms with Gasteiger partial charge in [-0.15, -0.1) is 0 Å². The molecule has 2 rings (SSSR count). The molecular formula is C22H26FNO3. The topological polar surface area (TPSA) is 48.4 Å². The third-order valence-electron chi connectivity index (χ3n) is 3.85. The van der Waals surface area contributed by atoms with Gasteiger partial charge in [-0.25, -0.2) is 14.2 Å². The van der Waals surface area contributed by atoms with E-state index in [9.17, 15) is 9.18 Å². The zero-order chi connectivity index (χ0) is 20.2. The SMILES string of the molecule is COc1cc(-c2cc(F)cc(C(C)C)c2/C=C/C(=O)OC(C)(C)C)ccn1. The average molecular weight is 371 g/mol. The van der Waals surface area contributed by atoms with E-state index in [1.54, 1.807) is 24.4 Å². The number of nitrogens with zero attached hydrogens (tertiary/aromatic N) is 1. The molecule has 5 heteroatoms. The smallest absolute Gasteiger partial charge is 0.331 e. The number of benzene rings is 1. The maximum Gasteiger partial charge on any atom is 0.331 e. The Morgan fingerprint density at radius 1 is 1.22 bits per heavy atom. The molecule has 0 spiro atoms. The van der Waals surface area contributed by atoms with Crippen LogP contribution in [0, 0.1) is 5.82 Å². The number of rotatable bonds is 5. The summed E-state index contributed by atoms with van der Waals surface area (Å²) >= 11 is 0. The second kappa shape index (κ2) is 8.33. The molecule has 0 aliphatic carbocycles. The zero-order valence-electron chi connectivity index (χ0n) is 16.7. The molecule has 144 valence electrons. The minimum absolute atomic E-state index is 0.0708. The van der Waals surface area contributed by atoms with E-state index in [1.807, 2.05) is 34.6 Å². The third kappa shape index (κ3) is 5.64. The summed E-state index contributed by atoms with van der Waals surface area (Å²) in [6.45, 7) is 9.40. The Kier molecular flexibility index (Phi) is 6.37. The van der Waals surface area contributed by atoms with Gasteiger partial charge in [0, 0.05) is 18.3 Å². The molecule has 0 saturated heterocycles. The number of hydrogen-bond donors (Lipinski definition) is 0. The molecule has 1 heterocycles. The van der Waals surface area contributed by atoms with Crippen molar-refractivity contribution in [3.8, 4) is 17.0 Å². The molecule has 1 aromatic carbocycles. The third-order valence-corrected chi connectivity index (χ3v) is 3.85. The minimum atomic E-state index is -0.577. The van der Waals surface area contributed by atoms with Crippen LogP contribution in [0.5, 0.6) is 5.88 Å². The van der Waals surface area contributed by atoms with E-state index >= 15 is 0 Å². The van der Waals surface area contributed by atoms with Gasteiger partial charge in [-0.1, -0.05) is 13.8 Å². The van der Waals surface area contributed by atoms with Gasteiger partial charge in [-0.05, 0) is 73.2 Å². The van der Waals surface area contributed by atoms with Crippen molar-refractivity contribution in [3.63, 3.8) is 0 Å². The van der Waals surface area contributed by atoms with E-state index in [0.717, 1.165) is 16.7 Å². The van der Waals surface area contributed by atoms with Crippen molar-refractivity contribution in [1.29, 1.82) is 0 Å². The van der Waals surface area contributed by atoms with Gasteiger partial charge in [0.25, 0.3) is 0 Å². The van der Waals surface area contributed by atoms with Crippen LogP contribution < -0.4 is 4.74 Å². The Labute approximate surface area is 160 Å². The van der Waals surface area contributed by atoms with Gasteiger partial charge >= 0.3 is 5.97 Å². The highest BCUT2D eigenvalue weighted by Crippen LogP contribution is 2.33. The number of esters is 1. The van der Waals surface area contributed by atoms with E-state index in [2.05, 4.69) is 4.98 Å². The normalized spacial score (nSPS) is 11.9. The Hall–Kier alpha value is -2.69. The van der Waals surface area contributed by atoms with Gasteiger partial charge in [-0.3, -0.25) is 0 Å². The van der Waals surface area contributed by atoms with Crippen LogP contribution in [0.3, 0.4) is 0 Å². The second-order valence-electron chi connectivity index (χ2n) is 7.56. The molecule has 0 N–H and O–H groups in total. The summed E-state index contributed by atoms with van der Waals surface area (Å²) in [4.78, 5) is 16.2. The lowest BCUT2D eigenvalue weighted by Gasteiger charge is -2.18. The summed E-state index contributed by atoms with van der Waals surface area (Å²) in [6.07, 6.45) is 4.67. The first-order valence-corrected chi connectivity index (χ1v) is 8.85. The Morgan fingerprint density at radius 3 is 2.52 bits per heavy atom. The number of methoxy groups -OCH3 is 1. The van der Waals surface area contributed by atoms with Crippen LogP contribution in [0.4, 0.5) is 4.39 Å². The highest BCUT2D eigenvalue weighted by atomic mass is 19.1. The number of carbonyl (C=O) groups is 1. The van der Waals surface area contributed by atoms with Crippen molar-refractivity contribution in [2.75, 3.05) is 7.11 Å². The average Bonchev–Trinajstić information content (AvgIpc) is 2.58. The van der Waals surface area contributed by atoms with Crippen LogP contribution in [0.2, 0.25) is 0 Å². The fourth-order valence-electron chi connectivity index (χ4n) is 2.72. The van der Waals surface area contributed by atoms with Crippen molar-refractivity contribution in [2.45, 2.75) is 46.1 Å². The van der Waals surface area contributed by atoms with E-state index in [1.165, 1.54) is 25.3 Å². The summed E-state index contributed by atoms with van der Waals surface area (Å²) in [5.74, 6) is -0.273. The van der Waals surface area contributed by atoms with Gasteiger partial charge in [0.1, 0.15) is 11.4 Å². The predicted molar refractivity (Wildman–Crippen MR) is 105 cm³/mol. The van der Waals surface area contributed by atoms with Gasteiger partial charge in [-0.2, -0.15) is 0 Å². The summed E-state index contributed by atoms with van der Waals surface area (Å²) in [7, 11) is 1.53. The Morgan fingerprint density at radius 2 is 1.93 bits per heavy atom. The van der Waals surface area contributed by atoms with Crippen LogP contribution in [0.1, 0.15) is 51.7 Å². The number of carbonyl (C=O) groups excluding carboxylic acids is 1. The molecule has 0 radical (unpaired) electrons. The molecule has 4 nitrogen and oxygen atoms in total. The van der Waals surface area contributed by atoms with Gasteiger partial charge in [0.15, 0.2) is 0 Å². The molecule has 0 atom stereocenters. The minimum Gasteiger partial charge on any atom is -0.481 e. The van der Waals surface area contributed by atoms with Crippen LogP contribution >= 0.6 is 0 Å². The maximum absolute atomic E-state index is 14.3. The van der Waals surface area contributed by atoms with E-state index in [-0.39, 0.29) is 11.7 Å². The first-order chi connectivity index (χ1) is 12.6. The highest BCUT2D eigenvalue weighted by molar-refractivity contribution is 5.90. The van der Waals surface area contributed by atoms with Crippen LogP contribution in [-0.2, 0) is 9.53 Å². The number of pyridine rings is 1. The molecule has 0 bridgehead atoms. The molecule has 0 amide bonds. The fourth-order valence-corrected chi connectivity index (χ4v) is 2.72. The molecule has 1 aromatic heterocycles. The molecule has 0 aliphatic rings. The Balaban J connectivity index is 2.57. The van der Waals surface area contributed by atoms with Gasteiger partial charge < -0.3 is 9.47 Å². The lowest BCUT2D eigenvalue weighted by atomic mass is 9.90. The van der Waals surface area contributed by atoms with E-state index < -0.39 is 11.6 Å². The molecule has 27 heavy (non-hydrogen) atoms. The quantitative estimate of drug-likeness (QED) is 0.523. The summed E-state index contributed by atoms with van der Waals surface area (Å²) < 4.78 is 24.8. The van der Waals surface area contributed by atoms with E-state index in [4.69, 9.17) is 9.47 Å². The number of aromatic nitrogens is 1. The van der Waals surface area contributed by atoms with Gasteiger partial charge in [0.05, 0.1) is 7.11 Å². The molecule has 0 saturated carbocycles. The first-order valence-electron chi connectivity index (χ1n) is 8.85. The Bertz CT molecular complexity index is 851. The van der Waals surface area contributed by atoms with Crippen molar-refractivity contribution in [2.24, 2.45) is 0 Å². The van der Waals surface area contributed by atoms with Crippen LogP contribution in [0.25, 0.3) is 17.2 Å². The number of ether oxygens (including phenoxy) is 2. The number of halogens is 1. The standard InChI is InChI=1S/C22H26FNO3/c1-14(2)18-12-16(23)13-19(15-9-10-24-20(11-15)26-6)17(18)7-8-21(25)27-22(3,4)5/h7-14H,1-6H3/b8-7+. The van der Waals surface area contributed by atoms with Crippen molar-refractivity contribution >= 4 is 12.0 Å². The predicted octanol–water partition coefficient (Wildman–Crippen LogP) is 5.37. The monoisotopic (exact) mass is 371 g/mol. The summed E-state index contributed by atoms with van der Waals surface area (Å²) in [5.41, 5.74) is 2.42. The van der Waals surface area contributed by atoms with E-state index in [0.29, 0.717) is 11.4 Å². The van der Waals surface area contributed by atoms with Crippen molar-refractivity contribution in [1.82, 2.24) is 4.98 Å². The van der Waals surface area contributed by atoms with Crippen LogP contribution in [0.15, 0.2) is 36.5 Å². The lowest BCUT2D eigenvalue weighted by molar-refractivity contribution is -0.148. The molecule has 0 unspecified atom stereocenters. The van der Waals surface area contributed by atoms with Crippen molar-refractivity contribution in [3.05, 3.63) is 53.5 Å². The molecule has 0 fully saturated rings. The second-order valence-corrected chi connectivity index (χ2v) is 7.56. The lowest BCUT2D eigenvalue weighted by Crippen LogP contribution is -2.22. The van der Waals surface area contributed by atoms with Crippen molar-refractivity contribution < 1.29 is 18.7 Å². The number of hydrogen-bond acceptors (Lipinski definition) is 4. The highest BCUT2D eigenvalue weighted by Gasteiger charge is 2.17. The largest absolute Gasteiger partial charge is 0.481 e. The molecular weight excluding hydrogens is 345 g/mol. The fraction of sp³-hybridized carbons (Fsp3) is 0.364. The van der Waals surface area contributed by atoms with Gasteiger partial charge in [0.2, 0.25) is 5.88 Å². The summed E-state index contributed by atoms with van der Waals surface area (Å²) in [6, 6.07) is 6.48. The summed E-state index contributed by atoms with van der Waals surface area (Å²) in [5, 5.41) is 0.